The predicted molar refractivity (Wildman–Crippen MR) is 61.7 cm³/mol. The average Bonchev–Trinajstić information content (AvgIpc) is 2.26. The van der Waals surface area contributed by atoms with E-state index in [2.05, 4.69) is 49.1 Å². The smallest absolute Gasteiger partial charge is 0.0700 e. The lowest BCUT2D eigenvalue weighted by molar-refractivity contribution is -0.0584. The summed E-state index contributed by atoms with van der Waals surface area (Å²) in [5.74, 6) is 0. The van der Waals surface area contributed by atoms with Crippen LogP contribution in [0.1, 0.15) is 19.4 Å². The molecule has 0 radical (unpaired) electrons. The predicted octanol–water partition coefficient (Wildman–Crippen LogP) is 2.30. The number of hydrogen-bond donors (Lipinski definition) is 0. The molecular weight excluding hydrogens is 186 g/mol. The Morgan fingerprint density at radius 2 is 2.00 bits per heavy atom. The molecule has 1 aromatic rings. The molecule has 0 aromatic heterocycles. The second-order valence-corrected chi connectivity index (χ2v) is 4.27. The van der Waals surface area contributed by atoms with Gasteiger partial charge in [-0.3, -0.25) is 4.90 Å². The number of rotatable bonds is 2. The van der Waals surface area contributed by atoms with Crippen LogP contribution in [0.2, 0.25) is 0 Å². The third-order valence-electron chi connectivity index (χ3n) is 3.24. The van der Waals surface area contributed by atoms with Crippen molar-refractivity contribution >= 4 is 0 Å². The van der Waals surface area contributed by atoms with Gasteiger partial charge >= 0.3 is 0 Å². The van der Waals surface area contributed by atoms with Crippen LogP contribution in [-0.4, -0.2) is 30.2 Å². The van der Waals surface area contributed by atoms with Gasteiger partial charge in [0.2, 0.25) is 0 Å². The molecule has 2 rings (SSSR count). The van der Waals surface area contributed by atoms with Gasteiger partial charge in [-0.05, 0) is 19.4 Å². The summed E-state index contributed by atoms with van der Waals surface area (Å²) in [7, 11) is 0. The molecule has 82 valence electrons. The van der Waals surface area contributed by atoms with Gasteiger partial charge in [0.1, 0.15) is 0 Å². The van der Waals surface area contributed by atoms with Crippen LogP contribution in [0.15, 0.2) is 30.3 Å². The maximum Gasteiger partial charge on any atom is 0.0700 e. The Morgan fingerprint density at radius 3 is 2.73 bits per heavy atom. The number of benzene rings is 1. The van der Waals surface area contributed by atoms with Crippen molar-refractivity contribution in [3.8, 4) is 0 Å². The summed E-state index contributed by atoms with van der Waals surface area (Å²) < 4.78 is 5.62. The fourth-order valence-corrected chi connectivity index (χ4v) is 2.04. The van der Waals surface area contributed by atoms with Crippen molar-refractivity contribution in [2.24, 2.45) is 0 Å². The zero-order valence-corrected chi connectivity index (χ0v) is 9.52. The van der Waals surface area contributed by atoms with Crippen LogP contribution in [0.5, 0.6) is 0 Å². The number of morpholine rings is 1. The first kappa shape index (κ1) is 10.7. The van der Waals surface area contributed by atoms with Gasteiger partial charge in [-0.1, -0.05) is 30.3 Å². The molecule has 2 heteroatoms. The van der Waals surface area contributed by atoms with E-state index in [0.29, 0.717) is 12.1 Å². The van der Waals surface area contributed by atoms with Crippen LogP contribution in [0.4, 0.5) is 0 Å². The summed E-state index contributed by atoms with van der Waals surface area (Å²) in [6.07, 6.45) is 0.350. The fourth-order valence-electron chi connectivity index (χ4n) is 2.04. The van der Waals surface area contributed by atoms with Crippen LogP contribution < -0.4 is 0 Å². The molecular formula is C13H19NO. The lowest BCUT2D eigenvalue weighted by Crippen LogP contribution is -2.47. The van der Waals surface area contributed by atoms with Gasteiger partial charge in [-0.15, -0.1) is 0 Å². The highest BCUT2D eigenvalue weighted by Gasteiger charge is 2.24. The molecule has 0 amide bonds. The first-order valence-corrected chi connectivity index (χ1v) is 5.67. The van der Waals surface area contributed by atoms with Crippen molar-refractivity contribution in [1.29, 1.82) is 0 Å². The summed E-state index contributed by atoms with van der Waals surface area (Å²) >= 11 is 0. The van der Waals surface area contributed by atoms with Gasteiger partial charge in [-0.25, -0.2) is 0 Å². The van der Waals surface area contributed by atoms with Crippen molar-refractivity contribution in [2.45, 2.75) is 32.5 Å². The van der Waals surface area contributed by atoms with Crippen LogP contribution in [0, 0.1) is 0 Å². The summed E-state index contributed by atoms with van der Waals surface area (Å²) in [5.41, 5.74) is 1.39. The van der Waals surface area contributed by atoms with Crippen molar-refractivity contribution in [2.75, 3.05) is 13.2 Å². The van der Waals surface area contributed by atoms with Gasteiger partial charge in [0.05, 0.1) is 12.7 Å². The van der Waals surface area contributed by atoms with Gasteiger partial charge in [0, 0.05) is 19.1 Å². The number of nitrogens with zero attached hydrogens (tertiary/aromatic N) is 1. The van der Waals surface area contributed by atoms with Crippen LogP contribution in [0.3, 0.4) is 0 Å². The van der Waals surface area contributed by atoms with Crippen molar-refractivity contribution < 1.29 is 4.74 Å². The Hall–Kier alpha value is -0.860. The quantitative estimate of drug-likeness (QED) is 0.734. The van der Waals surface area contributed by atoms with Crippen molar-refractivity contribution in [1.82, 2.24) is 4.90 Å². The normalized spacial score (nSPS) is 27.9. The van der Waals surface area contributed by atoms with Gasteiger partial charge in [-0.2, -0.15) is 0 Å². The zero-order chi connectivity index (χ0) is 10.7. The molecule has 0 aliphatic carbocycles. The minimum absolute atomic E-state index is 0.350. The highest BCUT2D eigenvalue weighted by atomic mass is 16.5. The first-order chi connectivity index (χ1) is 7.27. The Kier molecular flexibility index (Phi) is 3.39. The molecule has 1 aromatic carbocycles. The van der Waals surface area contributed by atoms with Gasteiger partial charge in [0.25, 0.3) is 0 Å². The van der Waals surface area contributed by atoms with E-state index in [1.807, 2.05) is 0 Å². The molecule has 0 bridgehead atoms. The number of hydrogen-bond acceptors (Lipinski definition) is 2. The van der Waals surface area contributed by atoms with Crippen LogP contribution in [0.25, 0.3) is 0 Å². The second-order valence-electron chi connectivity index (χ2n) is 4.27. The van der Waals surface area contributed by atoms with E-state index in [4.69, 9.17) is 4.74 Å². The monoisotopic (exact) mass is 205 g/mol. The molecule has 15 heavy (non-hydrogen) atoms. The van der Waals surface area contributed by atoms with Crippen LogP contribution in [-0.2, 0) is 11.3 Å². The maximum absolute atomic E-state index is 5.62. The van der Waals surface area contributed by atoms with Gasteiger partial charge in [0.15, 0.2) is 0 Å². The molecule has 1 aliphatic heterocycles. The second kappa shape index (κ2) is 4.77. The molecule has 0 N–H and O–H groups in total. The molecule has 1 heterocycles. The van der Waals surface area contributed by atoms with E-state index >= 15 is 0 Å². The zero-order valence-electron chi connectivity index (χ0n) is 9.52. The largest absolute Gasteiger partial charge is 0.376 e. The summed E-state index contributed by atoms with van der Waals surface area (Å²) in [4.78, 5) is 2.49. The van der Waals surface area contributed by atoms with E-state index in [-0.39, 0.29) is 0 Å². The standard InChI is InChI=1S/C13H19NO/c1-11-12(2)15-9-8-14(11)10-13-6-4-3-5-7-13/h3-7,11-12H,8-10H2,1-2H3/t11?,12-/m0/s1. The Morgan fingerprint density at radius 1 is 1.27 bits per heavy atom. The number of ether oxygens (including phenoxy) is 1. The lowest BCUT2D eigenvalue weighted by atomic mass is 10.1. The lowest BCUT2D eigenvalue weighted by Gasteiger charge is -2.37. The fraction of sp³-hybridized carbons (Fsp3) is 0.538. The van der Waals surface area contributed by atoms with Crippen molar-refractivity contribution in [3.63, 3.8) is 0 Å². The third kappa shape index (κ3) is 2.58. The van der Waals surface area contributed by atoms with Crippen LogP contribution >= 0.6 is 0 Å². The summed E-state index contributed by atoms with van der Waals surface area (Å²) in [5, 5.41) is 0. The van der Waals surface area contributed by atoms with E-state index < -0.39 is 0 Å². The van der Waals surface area contributed by atoms with E-state index in [9.17, 15) is 0 Å². The van der Waals surface area contributed by atoms with Crippen molar-refractivity contribution in [3.05, 3.63) is 35.9 Å². The molecule has 1 aliphatic rings. The topological polar surface area (TPSA) is 12.5 Å². The summed E-state index contributed by atoms with van der Waals surface area (Å²) in [6.45, 7) is 7.34. The first-order valence-electron chi connectivity index (χ1n) is 5.67. The highest BCUT2D eigenvalue weighted by Crippen LogP contribution is 2.16. The minimum atomic E-state index is 0.350. The molecule has 2 atom stereocenters. The van der Waals surface area contributed by atoms with E-state index in [1.165, 1.54) is 5.56 Å². The molecule has 1 saturated heterocycles. The Bertz CT molecular complexity index is 299. The summed E-state index contributed by atoms with van der Waals surface area (Å²) in [6, 6.07) is 11.2. The SMILES string of the molecule is CC1[C@H](C)OCCN1Cc1ccccc1. The average molecular weight is 205 g/mol. The molecule has 1 unspecified atom stereocenters. The maximum atomic E-state index is 5.62. The minimum Gasteiger partial charge on any atom is -0.376 e. The Labute approximate surface area is 91.9 Å². The third-order valence-corrected chi connectivity index (χ3v) is 3.24. The van der Waals surface area contributed by atoms with E-state index in [1.54, 1.807) is 0 Å². The molecule has 1 fully saturated rings. The molecule has 2 nitrogen and oxygen atoms in total. The molecule has 0 saturated carbocycles. The Balaban J connectivity index is 1.99. The van der Waals surface area contributed by atoms with Gasteiger partial charge < -0.3 is 4.74 Å². The molecule has 0 spiro atoms. The highest BCUT2D eigenvalue weighted by molar-refractivity contribution is 5.14. The van der Waals surface area contributed by atoms with E-state index in [0.717, 1.165) is 19.7 Å².